The first kappa shape index (κ1) is 20.3. The number of amidine groups is 1. The third-order valence-electron chi connectivity index (χ3n) is 6.36. The Bertz CT molecular complexity index is 1090. The third-order valence-corrected chi connectivity index (χ3v) is 7.69. The lowest BCUT2D eigenvalue weighted by molar-refractivity contribution is -0.124. The Morgan fingerprint density at radius 1 is 1.13 bits per heavy atom. The molecule has 1 aromatic heterocycles. The van der Waals surface area contributed by atoms with Gasteiger partial charge in [-0.1, -0.05) is 12.1 Å². The van der Waals surface area contributed by atoms with Crippen molar-refractivity contribution in [3.8, 4) is 0 Å². The molecule has 1 N–H and O–H groups in total. The van der Waals surface area contributed by atoms with Crippen LogP contribution in [0, 0.1) is 0 Å². The van der Waals surface area contributed by atoms with Gasteiger partial charge in [0.05, 0.1) is 12.3 Å². The molecule has 0 unspecified atom stereocenters. The van der Waals surface area contributed by atoms with Gasteiger partial charge in [-0.05, 0) is 63.0 Å². The molecule has 0 radical (unpaired) electrons. The maximum atomic E-state index is 13.2. The Morgan fingerprint density at radius 2 is 1.94 bits per heavy atom. The number of amides is 1. The lowest BCUT2D eigenvalue weighted by Gasteiger charge is -2.29. The molecule has 0 bridgehead atoms. The molecule has 2 aromatic rings. The summed E-state index contributed by atoms with van der Waals surface area (Å²) in [4.78, 5) is 17.6. The smallest absolute Gasteiger partial charge is 0.285 e. The third kappa shape index (κ3) is 3.76. The highest BCUT2D eigenvalue weighted by Crippen LogP contribution is 2.31. The number of sulfonamides is 1. The van der Waals surface area contributed by atoms with Crippen LogP contribution in [0.1, 0.15) is 43.0 Å². The summed E-state index contributed by atoms with van der Waals surface area (Å²) in [5, 5.41) is 3.10. The van der Waals surface area contributed by atoms with Crippen LogP contribution in [-0.4, -0.2) is 62.2 Å². The minimum Gasteiger partial charge on any atom is -0.468 e. The molecule has 164 valence electrons. The summed E-state index contributed by atoms with van der Waals surface area (Å²) in [5.41, 5.74) is 0.577. The molecule has 2 saturated heterocycles. The number of nitrogens with one attached hydrogen (secondary N) is 1. The average molecular weight is 443 g/mol. The van der Waals surface area contributed by atoms with Crippen molar-refractivity contribution in [3.63, 3.8) is 0 Å². The van der Waals surface area contributed by atoms with Gasteiger partial charge in [0, 0.05) is 18.7 Å². The number of hydrogen-bond acceptors (Lipinski definition) is 6. The summed E-state index contributed by atoms with van der Waals surface area (Å²) >= 11 is 0. The first-order valence-electron chi connectivity index (χ1n) is 10.8. The van der Waals surface area contributed by atoms with Gasteiger partial charge in [-0.3, -0.25) is 9.69 Å². The number of carbonyl (C=O) groups is 1. The molecule has 0 spiro atoms. The fourth-order valence-electron chi connectivity index (χ4n) is 4.85. The highest BCUT2D eigenvalue weighted by Gasteiger charge is 2.39. The molecule has 1 amide bonds. The van der Waals surface area contributed by atoms with Crippen LogP contribution in [0.15, 0.2) is 56.4 Å². The molecule has 9 heteroatoms. The standard InChI is InChI=1S/C22H26N4O4S/c27-22(23-15-18(19-9-6-14-30-19)25-11-3-4-12-25)17-8-5-13-26(17)21-16-7-1-2-10-20(16)31(28,29)24-21/h1-2,6-7,9-10,14,17-18H,3-5,8,11-13,15H2,(H,23,27)/t17-,18-/m1/s1. The van der Waals surface area contributed by atoms with Crippen molar-refractivity contribution in [1.82, 2.24) is 15.1 Å². The van der Waals surface area contributed by atoms with Crippen molar-refractivity contribution < 1.29 is 17.6 Å². The normalized spacial score (nSPS) is 23.5. The summed E-state index contributed by atoms with van der Waals surface area (Å²) in [6, 6.07) is 10.2. The van der Waals surface area contributed by atoms with Crippen LogP contribution in [0.4, 0.5) is 0 Å². The SMILES string of the molecule is O=C(NC[C@H](c1ccco1)N1CCCC1)[C@H]1CCCN1C1=NS(=O)(=O)c2ccccc21. The molecule has 2 fully saturated rings. The van der Waals surface area contributed by atoms with Crippen molar-refractivity contribution in [2.75, 3.05) is 26.2 Å². The average Bonchev–Trinajstić information content (AvgIpc) is 3.56. The van der Waals surface area contributed by atoms with Crippen LogP contribution in [0.2, 0.25) is 0 Å². The highest BCUT2D eigenvalue weighted by atomic mass is 32.2. The molecule has 3 aliphatic heterocycles. The van der Waals surface area contributed by atoms with Crippen LogP contribution < -0.4 is 5.32 Å². The first-order valence-corrected chi connectivity index (χ1v) is 12.2. The number of hydrogen-bond donors (Lipinski definition) is 1. The number of rotatable bonds is 5. The summed E-state index contributed by atoms with van der Waals surface area (Å²) < 4.78 is 34.6. The number of likely N-dealkylation sites (tertiary alicyclic amines) is 2. The van der Waals surface area contributed by atoms with Crippen LogP contribution >= 0.6 is 0 Å². The van der Waals surface area contributed by atoms with Crippen LogP contribution in [0.25, 0.3) is 0 Å². The van der Waals surface area contributed by atoms with Gasteiger partial charge in [-0.2, -0.15) is 8.42 Å². The molecule has 2 atom stereocenters. The van der Waals surface area contributed by atoms with E-state index < -0.39 is 16.1 Å². The van der Waals surface area contributed by atoms with Gasteiger partial charge in [-0.25, -0.2) is 0 Å². The second-order valence-corrected chi connectivity index (χ2v) is 9.83. The Hall–Kier alpha value is -2.65. The number of furan rings is 1. The highest BCUT2D eigenvalue weighted by molar-refractivity contribution is 7.90. The molecule has 0 aliphatic carbocycles. The predicted octanol–water partition coefficient (Wildman–Crippen LogP) is 2.15. The van der Waals surface area contributed by atoms with Gasteiger partial charge in [-0.15, -0.1) is 4.40 Å². The van der Waals surface area contributed by atoms with Crippen LogP contribution in [-0.2, 0) is 14.8 Å². The molecule has 3 aliphatic rings. The minimum absolute atomic E-state index is 0.00114. The zero-order valence-electron chi connectivity index (χ0n) is 17.2. The van der Waals surface area contributed by atoms with Gasteiger partial charge in [0.2, 0.25) is 5.91 Å². The van der Waals surface area contributed by atoms with Gasteiger partial charge in [0.1, 0.15) is 16.7 Å². The number of carbonyl (C=O) groups excluding carboxylic acids is 1. The second-order valence-electron chi connectivity index (χ2n) is 8.26. The fraction of sp³-hybridized carbons (Fsp3) is 0.455. The van der Waals surface area contributed by atoms with Crippen molar-refractivity contribution in [2.24, 2.45) is 4.40 Å². The second kappa shape index (κ2) is 8.12. The van der Waals surface area contributed by atoms with Gasteiger partial charge >= 0.3 is 0 Å². The molecule has 1 aromatic carbocycles. The van der Waals surface area contributed by atoms with Crippen LogP contribution in [0.3, 0.4) is 0 Å². The Kier molecular flexibility index (Phi) is 5.31. The zero-order chi connectivity index (χ0) is 21.4. The molecular weight excluding hydrogens is 416 g/mol. The van der Waals surface area contributed by atoms with Crippen LogP contribution in [0.5, 0.6) is 0 Å². The molecule has 8 nitrogen and oxygen atoms in total. The molecule has 4 heterocycles. The maximum Gasteiger partial charge on any atom is 0.285 e. The molecule has 5 rings (SSSR count). The summed E-state index contributed by atoms with van der Waals surface area (Å²) in [6.45, 7) is 3.04. The van der Waals surface area contributed by atoms with E-state index in [9.17, 15) is 13.2 Å². The van der Waals surface area contributed by atoms with E-state index in [0.29, 0.717) is 30.9 Å². The lowest BCUT2D eigenvalue weighted by Crippen LogP contribution is -2.47. The maximum absolute atomic E-state index is 13.2. The van der Waals surface area contributed by atoms with E-state index in [0.717, 1.165) is 38.1 Å². The Morgan fingerprint density at radius 3 is 2.71 bits per heavy atom. The topological polar surface area (TPSA) is 95.2 Å². The molecular formula is C22H26N4O4S. The van der Waals surface area contributed by atoms with Gasteiger partial charge in [0.15, 0.2) is 5.84 Å². The molecule has 31 heavy (non-hydrogen) atoms. The van der Waals surface area contributed by atoms with E-state index in [1.807, 2.05) is 17.0 Å². The van der Waals surface area contributed by atoms with Crippen molar-refractivity contribution in [1.29, 1.82) is 0 Å². The number of nitrogens with zero attached hydrogens (tertiary/aromatic N) is 3. The summed E-state index contributed by atoms with van der Waals surface area (Å²) in [5.74, 6) is 1.14. The molecule has 0 saturated carbocycles. The predicted molar refractivity (Wildman–Crippen MR) is 115 cm³/mol. The first-order chi connectivity index (χ1) is 15.0. The quantitative estimate of drug-likeness (QED) is 0.762. The lowest BCUT2D eigenvalue weighted by atomic mass is 10.1. The number of benzene rings is 1. The Balaban J connectivity index is 1.33. The van der Waals surface area contributed by atoms with E-state index in [2.05, 4.69) is 14.6 Å². The van der Waals surface area contributed by atoms with Gasteiger partial charge in [0.25, 0.3) is 10.0 Å². The van der Waals surface area contributed by atoms with E-state index in [4.69, 9.17) is 4.42 Å². The van der Waals surface area contributed by atoms with Crippen molar-refractivity contribution in [2.45, 2.75) is 42.7 Å². The minimum atomic E-state index is -3.71. The summed E-state index contributed by atoms with van der Waals surface area (Å²) in [7, 11) is -3.71. The monoisotopic (exact) mass is 442 g/mol. The zero-order valence-corrected chi connectivity index (χ0v) is 18.1. The number of fused-ring (bicyclic) bond motifs is 1. The van der Waals surface area contributed by atoms with Crippen molar-refractivity contribution in [3.05, 3.63) is 54.0 Å². The van der Waals surface area contributed by atoms with Crippen molar-refractivity contribution >= 4 is 21.8 Å². The van der Waals surface area contributed by atoms with E-state index in [-0.39, 0.29) is 16.8 Å². The Labute approximate surface area is 182 Å². The van der Waals surface area contributed by atoms with E-state index in [1.165, 1.54) is 0 Å². The fourth-order valence-corrected chi connectivity index (χ4v) is 6.06. The largest absolute Gasteiger partial charge is 0.468 e. The van der Waals surface area contributed by atoms with E-state index in [1.54, 1.807) is 30.5 Å². The van der Waals surface area contributed by atoms with Gasteiger partial charge < -0.3 is 14.6 Å². The summed E-state index contributed by atoms with van der Waals surface area (Å²) in [6.07, 6.45) is 5.44. The van der Waals surface area contributed by atoms with E-state index >= 15 is 0 Å².